The van der Waals surface area contributed by atoms with E-state index < -0.39 is 11.9 Å². The predicted octanol–water partition coefficient (Wildman–Crippen LogP) is 8.27. The maximum atomic E-state index is 12.7. The number of alkyl carbamates (subject to hydrolysis) is 1. The van der Waals surface area contributed by atoms with Gasteiger partial charge in [0.2, 0.25) is 5.91 Å². The summed E-state index contributed by atoms with van der Waals surface area (Å²) in [5.74, 6) is 3.16. The number of nitrogens with zero attached hydrogens (tertiary/aromatic N) is 1. The minimum Gasteiger partial charge on any atom is -0.465 e. The van der Waals surface area contributed by atoms with Crippen LogP contribution in [0, 0.1) is 52.3 Å². The molecular weight excluding hydrogens is 616 g/mol. The van der Waals surface area contributed by atoms with E-state index >= 15 is 0 Å². The van der Waals surface area contributed by atoms with Crippen molar-refractivity contribution in [1.29, 1.82) is 0 Å². The van der Waals surface area contributed by atoms with Gasteiger partial charge in [0.1, 0.15) is 12.0 Å². The molecule has 1 N–H and O–H groups in total. The fourth-order valence-electron chi connectivity index (χ4n) is 11.2. The smallest absolute Gasteiger partial charge is 0.407 e. The van der Waals surface area contributed by atoms with Gasteiger partial charge < -0.3 is 19.7 Å². The van der Waals surface area contributed by atoms with Crippen LogP contribution in [0.5, 0.6) is 0 Å². The molecule has 8 heteroatoms. The fraction of sp³-hybridized carbons (Fsp3) is 0.854. The van der Waals surface area contributed by atoms with Gasteiger partial charge in [-0.2, -0.15) is 0 Å². The van der Waals surface area contributed by atoms with Crippen molar-refractivity contribution in [2.75, 3.05) is 26.2 Å². The lowest BCUT2D eigenvalue weighted by atomic mass is 9.47. The summed E-state index contributed by atoms with van der Waals surface area (Å²) in [5, 5.41) is 2.92. The quantitative estimate of drug-likeness (QED) is 0.0857. The number of hydrogen-bond donors (Lipinski definition) is 1. The van der Waals surface area contributed by atoms with E-state index in [2.05, 4.69) is 46.0 Å². The maximum absolute atomic E-state index is 12.7. The van der Waals surface area contributed by atoms with Gasteiger partial charge >= 0.3 is 12.1 Å². The van der Waals surface area contributed by atoms with Gasteiger partial charge in [0, 0.05) is 25.9 Å². The number of ketones is 1. The van der Waals surface area contributed by atoms with Gasteiger partial charge in [-0.25, -0.2) is 4.79 Å². The molecule has 0 radical (unpaired) electrons. The first-order valence-electron chi connectivity index (χ1n) is 20.0. The first-order chi connectivity index (χ1) is 23.4. The van der Waals surface area contributed by atoms with Crippen molar-refractivity contribution < 1.29 is 28.7 Å². The molecule has 4 fully saturated rings. The molecule has 0 spiro atoms. The molecule has 0 aromatic carbocycles. The van der Waals surface area contributed by atoms with Gasteiger partial charge in [0.15, 0.2) is 5.78 Å². The van der Waals surface area contributed by atoms with Crippen LogP contribution >= 0.6 is 0 Å². The highest BCUT2D eigenvalue weighted by atomic mass is 16.6. The zero-order valence-electron chi connectivity index (χ0n) is 31.5. The number of allylic oxidation sites excluding steroid dienone is 1. The molecule has 0 aromatic heterocycles. The molecule has 49 heavy (non-hydrogen) atoms. The third kappa shape index (κ3) is 8.41. The molecule has 3 saturated carbocycles. The molecule has 276 valence electrons. The SMILES string of the molecule is CCOC(=O)C1CN(C(=O)CCCCCNC(=O)O[C@H]2CC[C@@]3(C)C(=CCC4C5CC[C@H](C(C)CCCC(C)C)C5(C)CCC43)C2)CC1=O. The molecular formula is C41H66N2O6. The van der Waals surface area contributed by atoms with Gasteiger partial charge in [-0.05, 0) is 111 Å². The highest BCUT2D eigenvalue weighted by Crippen LogP contribution is 2.67. The lowest BCUT2D eigenvalue weighted by Gasteiger charge is -2.58. The Morgan fingerprint density at radius 2 is 1.78 bits per heavy atom. The summed E-state index contributed by atoms with van der Waals surface area (Å²) < 4.78 is 10.9. The summed E-state index contributed by atoms with van der Waals surface area (Å²) in [6.07, 6.45) is 18.5. The van der Waals surface area contributed by atoms with Crippen molar-refractivity contribution in [2.45, 2.75) is 144 Å². The lowest BCUT2D eigenvalue weighted by Crippen LogP contribution is -2.51. The Kier molecular flexibility index (Phi) is 12.6. The van der Waals surface area contributed by atoms with Crippen LogP contribution in [0.2, 0.25) is 0 Å². The normalized spacial score (nSPS) is 34.5. The molecule has 6 unspecified atom stereocenters. The fourth-order valence-corrected chi connectivity index (χ4v) is 11.2. The van der Waals surface area contributed by atoms with Crippen LogP contribution in [0.1, 0.15) is 138 Å². The van der Waals surface area contributed by atoms with Crippen LogP contribution in [0.3, 0.4) is 0 Å². The van der Waals surface area contributed by atoms with E-state index in [0.717, 1.165) is 67.6 Å². The average molecular weight is 683 g/mol. The summed E-state index contributed by atoms with van der Waals surface area (Å²) in [6, 6.07) is 0. The molecule has 1 saturated heterocycles. The molecule has 8 nitrogen and oxygen atoms in total. The molecule has 5 aliphatic rings. The van der Waals surface area contributed by atoms with Gasteiger partial charge in [0.25, 0.3) is 0 Å². The number of fused-ring (bicyclic) bond motifs is 5. The summed E-state index contributed by atoms with van der Waals surface area (Å²) in [4.78, 5) is 50.8. The second kappa shape index (κ2) is 16.3. The molecule has 9 atom stereocenters. The summed E-state index contributed by atoms with van der Waals surface area (Å²) in [7, 11) is 0. The zero-order chi connectivity index (χ0) is 35.3. The highest BCUT2D eigenvalue weighted by molar-refractivity contribution is 6.04. The number of amides is 2. The summed E-state index contributed by atoms with van der Waals surface area (Å²) >= 11 is 0. The second-order valence-corrected chi connectivity index (χ2v) is 17.3. The monoisotopic (exact) mass is 682 g/mol. The first kappa shape index (κ1) is 37.9. The Morgan fingerprint density at radius 1 is 0.980 bits per heavy atom. The Morgan fingerprint density at radius 3 is 2.53 bits per heavy atom. The van der Waals surface area contributed by atoms with E-state index in [1.165, 1.54) is 61.8 Å². The highest BCUT2D eigenvalue weighted by Gasteiger charge is 2.59. The zero-order valence-corrected chi connectivity index (χ0v) is 31.5. The van der Waals surface area contributed by atoms with Gasteiger partial charge in [-0.3, -0.25) is 14.4 Å². The topological polar surface area (TPSA) is 102 Å². The van der Waals surface area contributed by atoms with Crippen molar-refractivity contribution in [2.24, 2.45) is 52.3 Å². The van der Waals surface area contributed by atoms with Gasteiger partial charge in [0.05, 0.1) is 13.2 Å². The number of esters is 1. The van der Waals surface area contributed by atoms with Gasteiger partial charge in [-0.15, -0.1) is 0 Å². The Balaban J connectivity index is 1.02. The molecule has 2 amide bonds. The molecule has 1 heterocycles. The number of carbonyl (C=O) groups excluding carboxylic acids is 4. The predicted molar refractivity (Wildman–Crippen MR) is 191 cm³/mol. The molecule has 4 aliphatic carbocycles. The molecule has 0 aromatic rings. The van der Waals surface area contributed by atoms with E-state index in [0.29, 0.717) is 24.8 Å². The standard InChI is InChI=1S/C41H66N2O6/c1-7-48-38(46)32-25-43(26-36(32)44)37(45)14-9-8-10-23-42-39(47)49-30-19-21-40(5)29(24-30)15-16-31-34-18-17-33(28(4)13-11-12-27(2)3)41(34,6)22-20-35(31)40/h15,27-28,30-35H,7-14,16-26H2,1-6H3,(H,42,47)/t28?,30-,31?,32?,33+,34?,35?,40-,41?/m0/s1. The number of hydrogen-bond acceptors (Lipinski definition) is 6. The van der Waals surface area contributed by atoms with Crippen LogP contribution < -0.4 is 5.32 Å². The Labute approximate surface area is 296 Å². The number of ether oxygens (including phenoxy) is 2. The van der Waals surface area contributed by atoms with Crippen molar-refractivity contribution in [3.05, 3.63) is 11.6 Å². The number of nitrogens with one attached hydrogen (secondary N) is 1. The van der Waals surface area contributed by atoms with Crippen molar-refractivity contribution in [3.63, 3.8) is 0 Å². The molecule has 1 aliphatic heterocycles. The van der Waals surface area contributed by atoms with Crippen molar-refractivity contribution in [3.8, 4) is 0 Å². The van der Waals surface area contributed by atoms with Crippen LogP contribution in [0.25, 0.3) is 0 Å². The number of likely N-dealkylation sites (tertiary alicyclic amines) is 1. The van der Waals surface area contributed by atoms with E-state index in [9.17, 15) is 19.2 Å². The minimum atomic E-state index is -0.856. The van der Waals surface area contributed by atoms with E-state index in [4.69, 9.17) is 9.47 Å². The minimum absolute atomic E-state index is 0.0212. The maximum Gasteiger partial charge on any atom is 0.407 e. The number of unbranched alkanes of at least 4 members (excludes halogenated alkanes) is 2. The Bertz CT molecular complexity index is 1230. The van der Waals surface area contributed by atoms with Crippen LogP contribution in [-0.4, -0.2) is 61.0 Å². The Hall–Kier alpha value is -2.38. The van der Waals surface area contributed by atoms with Crippen LogP contribution in [-0.2, 0) is 23.9 Å². The average Bonchev–Trinajstić information content (AvgIpc) is 3.62. The van der Waals surface area contributed by atoms with Crippen molar-refractivity contribution >= 4 is 23.8 Å². The van der Waals surface area contributed by atoms with Crippen molar-refractivity contribution in [1.82, 2.24) is 10.2 Å². The van der Waals surface area contributed by atoms with E-state index in [1.807, 2.05) is 0 Å². The summed E-state index contributed by atoms with van der Waals surface area (Å²) in [5.41, 5.74) is 2.27. The van der Waals surface area contributed by atoms with E-state index in [1.54, 1.807) is 6.92 Å². The number of rotatable bonds is 14. The number of Topliss-reactive ketones (excluding diaryl/α,β-unsaturated/α-hetero) is 1. The molecule has 5 rings (SSSR count). The third-order valence-electron chi connectivity index (χ3n) is 13.9. The first-order valence-corrected chi connectivity index (χ1v) is 20.0. The summed E-state index contributed by atoms with van der Waals surface area (Å²) in [6.45, 7) is 15.0. The molecule has 0 bridgehead atoms. The van der Waals surface area contributed by atoms with E-state index in [-0.39, 0.29) is 49.0 Å². The number of carbonyl (C=O) groups is 4. The van der Waals surface area contributed by atoms with Crippen LogP contribution in [0.4, 0.5) is 4.79 Å². The largest absolute Gasteiger partial charge is 0.465 e. The third-order valence-corrected chi connectivity index (χ3v) is 13.9. The van der Waals surface area contributed by atoms with Gasteiger partial charge in [-0.1, -0.05) is 72.0 Å². The second-order valence-electron chi connectivity index (χ2n) is 17.3. The van der Waals surface area contributed by atoms with Crippen LogP contribution in [0.15, 0.2) is 11.6 Å². The lowest BCUT2D eigenvalue weighted by molar-refractivity contribution is -0.149.